The number of alkyl halides is 3. The number of urea groups is 1. The predicted octanol–water partition coefficient (Wildman–Crippen LogP) is 6.73. The van der Waals surface area contributed by atoms with Crippen molar-refractivity contribution in [3.63, 3.8) is 0 Å². The normalized spacial score (nSPS) is 34.9. The first-order valence-corrected chi connectivity index (χ1v) is 20.3. The van der Waals surface area contributed by atoms with Crippen molar-refractivity contribution in [2.45, 2.75) is 87.6 Å². The van der Waals surface area contributed by atoms with Crippen LogP contribution in [0.5, 0.6) is 5.75 Å². The zero-order chi connectivity index (χ0) is 37.8. The van der Waals surface area contributed by atoms with Gasteiger partial charge in [0.05, 0.1) is 24.2 Å². The summed E-state index contributed by atoms with van der Waals surface area (Å²) in [4.78, 5) is 29.2. The molecule has 1 unspecified atom stereocenters. The van der Waals surface area contributed by atoms with E-state index in [1.165, 1.54) is 11.1 Å². The number of nitrogens with one attached hydrogen (secondary N) is 2. The number of anilines is 1. The van der Waals surface area contributed by atoms with Crippen molar-refractivity contribution in [1.29, 1.82) is 0 Å². The summed E-state index contributed by atoms with van der Waals surface area (Å²) in [5.41, 5.74) is 0.0797. The lowest BCUT2D eigenvalue weighted by atomic mass is 9.68. The van der Waals surface area contributed by atoms with Crippen LogP contribution in [0.1, 0.15) is 73.4 Å². The smallest absolute Gasteiger partial charge is 0.417 e. The minimum atomic E-state index is -4.84. The maximum absolute atomic E-state index is 14.4. The number of methoxy groups -OCH3 is 1. The van der Waals surface area contributed by atoms with Crippen LogP contribution in [0.3, 0.4) is 0 Å². The zero-order valence-corrected chi connectivity index (χ0v) is 31.4. The number of rotatable bonds is 3. The minimum absolute atomic E-state index is 0.147. The van der Waals surface area contributed by atoms with Crippen molar-refractivity contribution in [2.24, 2.45) is 22.1 Å². The van der Waals surface area contributed by atoms with Crippen LogP contribution < -0.4 is 19.7 Å². The fraction of sp³-hybridized carbons (Fsp3) is 0.579. The molecule has 288 valence electrons. The van der Waals surface area contributed by atoms with Crippen molar-refractivity contribution in [3.8, 4) is 5.75 Å². The first kappa shape index (κ1) is 38.0. The second-order valence-corrected chi connectivity index (χ2v) is 18.1. The van der Waals surface area contributed by atoms with Gasteiger partial charge in [0, 0.05) is 55.1 Å². The van der Waals surface area contributed by atoms with Gasteiger partial charge in [-0.15, -0.1) is 4.36 Å². The van der Waals surface area contributed by atoms with Gasteiger partial charge >= 0.3 is 12.2 Å². The van der Waals surface area contributed by atoms with Crippen LogP contribution in [-0.2, 0) is 26.5 Å². The molecule has 5 aliphatic rings. The Balaban J connectivity index is 1.23. The number of ether oxygens (including phenoxy) is 2. The van der Waals surface area contributed by atoms with Gasteiger partial charge in [-0.2, -0.15) is 13.2 Å². The van der Waals surface area contributed by atoms with E-state index >= 15 is 0 Å². The van der Waals surface area contributed by atoms with Crippen LogP contribution in [-0.4, -0.2) is 77.7 Å². The van der Waals surface area contributed by atoms with Crippen LogP contribution in [0, 0.1) is 17.8 Å². The summed E-state index contributed by atoms with van der Waals surface area (Å²) in [7, 11) is -2.07. The number of nitrogens with zero attached hydrogens (tertiary/aromatic N) is 2. The molecule has 10 nitrogen and oxygen atoms in total. The van der Waals surface area contributed by atoms with Crippen LogP contribution in [0.15, 0.2) is 52.9 Å². The minimum Gasteiger partial charge on any atom is -0.490 e. The Morgan fingerprint density at radius 3 is 2.70 bits per heavy atom. The van der Waals surface area contributed by atoms with Crippen molar-refractivity contribution in [1.82, 2.24) is 10.0 Å². The molecule has 2 fully saturated rings. The van der Waals surface area contributed by atoms with E-state index in [2.05, 4.69) is 25.4 Å². The molecular formula is C38H46ClF3N4O6S. The number of hydrogen-bond acceptors (Lipinski definition) is 7. The molecule has 7 rings (SSSR count). The van der Waals surface area contributed by atoms with Gasteiger partial charge < -0.3 is 24.8 Å². The van der Waals surface area contributed by atoms with E-state index in [1.54, 1.807) is 25.3 Å². The Hall–Kier alpha value is -3.33. The second kappa shape index (κ2) is 14.4. The van der Waals surface area contributed by atoms with Gasteiger partial charge in [0.1, 0.15) is 15.7 Å². The van der Waals surface area contributed by atoms with Gasteiger partial charge in [0.2, 0.25) is 0 Å². The maximum atomic E-state index is 14.4. The van der Waals surface area contributed by atoms with Crippen LogP contribution in [0.25, 0.3) is 0 Å². The highest BCUT2D eigenvalue weighted by molar-refractivity contribution is 7.92. The topological polar surface area (TPSA) is 130 Å². The molecule has 0 aromatic heterocycles. The average molecular weight is 779 g/mol. The molecule has 3 aliphatic carbocycles. The summed E-state index contributed by atoms with van der Waals surface area (Å²) in [6.07, 6.45) is 2.83. The highest BCUT2D eigenvalue weighted by Crippen LogP contribution is 2.48. The number of allylic oxidation sites excluding steroid dienone is 1. The lowest BCUT2D eigenvalue weighted by molar-refractivity contribution is -0.291. The molecule has 2 aromatic rings. The number of hydrogen-bond donors (Lipinski definition) is 3. The molecule has 1 spiro atoms. The fourth-order valence-corrected chi connectivity index (χ4v) is 10.8. The molecule has 2 saturated carbocycles. The van der Waals surface area contributed by atoms with E-state index in [0.29, 0.717) is 42.8 Å². The molecule has 3 amide bonds. The maximum Gasteiger partial charge on any atom is 0.417 e. The molecule has 0 radical (unpaired) electrons. The third kappa shape index (κ3) is 7.66. The molecule has 2 bridgehead atoms. The van der Waals surface area contributed by atoms with Crippen molar-refractivity contribution < 1.29 is 41.5 Å². The molecule has 2 aliphatic heterocycles. The van der Waals surface area contributed by atoms with Gasteiger partial charge in [-0.3, -0.25) is 9.52 Å². The van der Waals surface area contributed by atoms with Crippen LogP contribution in [0.4, 0.5) is 23.7 Å². The summed E-state index contributed by atoms with van der Waals surface area (Å²) >= 11 is 6.42. The summed E-state index contributed by atoms with van der Waals surface area (Å²) in [6.45, 7) is 3.60. The highest BCUT2D eigenvalue weighted by Gasteiger charge is 2.61. The summed E-state index contributed by atoms with van der Waals surface area (Å²) in [5.74, 6) is -0.108. The molecular weight excluding hydrogens is 733 g/mol. The highest BCUT2D eigenvalue weighted by atomic mass is 35.5. The standard InChI is InChI=1S/C38H46ClF3N4O6S/c1-23-5-3-7-32(51-2)29-11-8-26(29)19-46-21-36(14-4-6-24-15-27(39)10-12-30(24)36)22-52-33-13-9-25(16-31(33)46)34(47)44-53(50,20-23)45-35(48)43-28-17-37(49,18-28)38(40,41)42/h3,7,9-10,12-13,15-16,23,26,28-29,32,49H,4-6,8,11,14,17-22H2,1-2H3,(H2,43,44,45,47,48,50)/b7-3+/t23-,26-,28-,29+,32-,36-,37-,53?/m0/s1. The van der Waals surface area contributed by atoms with Crippen molar-refractivity contribution in [3.05, 3.63) is 70.3 Å². The summed E-state index contributed by atoms with van der Waals surface area (Å²) < 4.78 is 72.9. The van der Waals surface area contributed by atoms with Crippen molar-refractivity contribution >= 4 is 39.1 Å². The fourth-order valence-electron chi connectivity index (χ4n) is 8.82. The van der Waals surface area contributed by atoms with E-state index in [1.807, 2.05) is 31.2 Å². The molecule has 15 heteroatoms. The first-order valence-electron chi connectivity index (χ1n) is 18.3. The Kier molecular flexibility index (Phi) is 10.3. The molecule has 2 aromatic carbocycles. The zero-order valence-electron chi connectivity index (χ0n) is 29.8. The number of fused-ring (bicyclic) bond motifs is 4. The Bertz CT molecular complexity index is 1910. The third-order valence-corrected chi connectivity index (χ3v) is 14.0. The van der Waals surface area contributed by atoms with Gasteiger partial charge in [-0.1, -0.05) is 36.7 Å². The monoisotopic (exact) mass is 778 g/mol. The van der Waals surface area contributed by atoms with Crippen molar-refractivity contribution in [2.75, 3.05) is 37.5 Å². The van der Waals surface area contributed by atoms with E-state index in [9.17, 15) is 32.1 Å². The van der Waals surface area contributed by atoms with Gasteiger partial charge in [-0.25, -0.2) is 9.00 Å². The molecule has 3 N–H and O–H groups in total. The SMILES string of the molecule is CO[C@H]1/C=C/C[C@H](C)CS(=O)(NC(=O)N[C@H]2C[C@@](O)(C(F)(F)F)C2)=NC(=O)c2ccc3c(c2)N(C[C@@H]2CC[C@H]21)C[C@@]1(CCCc2cc(Cl)ccc21)CO3. The first-order chi connectivity index (χ1) is 25.1. The number of aryl methyl sites for hydroxylation is 1. The summed E-state index contributed by atoms with van der Waals surface area (Å²) in [6, 6.07) is 9.08. The van der Waals surface area contributed by atoms with E-state index in [0.717, 1.165) is 37.8 Å². The number of carbonyl (C=O) groups excluding carboxylic acids is 2. The van der Waals surface area contributed by atoms with E-state index < -0.39 is 52.5 Å². The number of amides is 3. The predicted molar refractivity (Wildman–Crippen MR) is 196 cm³/mol. The lowest BCUT2D eigenvalue weighted by Gasteiger charge is -2.46. The van der Waals surface area contributed by atoms with E-state index in [-0.39, 0.29) is 34.7 Å². The van der Waals surface area contributed by atoms with Gasteiger partial charge in [0.25, 0.3) is 5.91 Å². The Labute approximate surface area is 313 Å². The molecule has 6 atom stereocenters. The van der Waals surface area contributed by atoms with E-state index in [4.69, 9.17) is 21.1 Å². The average Bonchev–Trinajstić information content (AvgIpc) is 3.20. The quantitative estimate of drug-likeness (QED) is 0.295. The van der Waals surface area contributed by atoms with Gasteiger partial charge in [0.15, 0.2) is 5.60 Å². The Morgan fingerprint density at radius 2 is 1.98 bits per heavy atom. The molecule has 0 saturated heterocycles. The Morgan fingerprint density at radius 1 is 1.19 bits per heavy atom. The largest absolute Gasteiger partial charge is 0.490 e. The third-order valence-electron chi connectivity index (χ3n) is 11.8. The summed E-state index contributed by atoms with van der Waals surface area (Å²) in [5, 5.41) is 12.9. The van der Waals surface area contributed by atoms with Crippen LogP contribution >= 0.6 is 11.6 Å². The molecule has 2 heterocycles. The second-order valence-electron chi connectivity index (χ2n) is 15.7. The lowest BCUT2D eigenvalue weighted by Crippen LogP contribution is -2.63. The molecule has 53 heavy (non-hydrogen) atoms. The number of halogens is 4. The van der Waals surface area contributed by atoms with Crippen LogP contribution in [0.2, 0.25) is 5.02 Å². The van der Waals surface area contributed by atoms with Gasteiger partial charge in [-0.05, 0) is 97.7 Å². The number of benzene rings is 2. The number of aliphatic hydroxyl groups is 1. The number of carbonyl (C=O) groups is 2.